The molecule has 0 saturated carbocycles. The van der Waals surface area contributed by atoms with Gasteiger partial charge in [-0.15, -0.1) is 6.58 Å². The molecule has 1 aromatic rings. The summed E-state index contributed by atoms with van der Waals surface area (Å²) in [6, 6.07) is 5.98. The number of benzene rings is 1. The van der Waals surface area contributed by atoms with E-state index in [1.165, 1.54) is 31.2 Å². The molecule has 1 rings (SSSR count). The molecular weight excluding hydrogens is 269 g/mol. The number of hydrogen-bond donors (Lipinski definition) is 1. The van der Waals surface area contributed by atoms with Gasteiger partial charge in [0.2, 0.25) is 5.91 Å². The molecule has 4 nitrogen and oxygen atoms in total. The molecule has 0 saturated heterocycles. The monoisotopic (exact) mass is 285 g/mol. The average Bonchev–Trinajstić information content (AvgIpc) is 2.36. The predicted octanol–water partition coefficient (Wildman–Crippen LogP) is 1.43. The fourth-order valence-corrected chi connectivity index (χ4v) is 2.47. The van der Waals surface area contributed by atoms with E-state index in [0.29, 0.717) is 5.56 Å². The highest BCUT2D eigenvalue weighted by molar-refractivity contribution is 7.92. The first-order valence-electron chi connectivity index (χ1n) is 5.72. The van der Waals surface area contributed by atoms with Gasteiger partial charge in [0.25, 0.3) is 0 Å². The number of halogens is 1. The van der Waals surface area contributed by atoms with Gasteiger partial charge in [0.05, 0.1) is 5.75 Å². The maximum atomic E-state index is 13.3. The zero-order valence-corrected chi connectivity index (χ0v) is 11.4. The molecule has 19 heavy (non-hydrogen) atoms. The molecule has 0 spiro atoms. The lowest BCUT2D eigenvalue weighted by Crippen LogP contribution is -2.38. The molecule has 1 atom stereocenters. The molecule has 0 radical (unpaired) electrons. The van der Waals surface area contributed by atoms with Crippen LogP contribution in [-0.4, -0.2) is 25.3 Å². The van der Waals surface area contributed by atoms with Crippen molar-refractivity contribution in [3.05, 3.63) is 48.3 Å². The van der Waals surface area contributed by atoms with Gasteiger partial charge in [-0.25, -0.2) is 12.8 Å². The zero-order valence-electron chi connectivity index (χ0n) is 10.6. The third-order valence-electron chi connectivity index (χ3n) is 2.67. The topological polar surface area (TPSA) is 63.2 Å². The zero-order chi connectivity index (χ0) is 14.5. The maximum absolute atomic E-state index is 13.3. The van der Waals surface area contributed by atoms with Gasteiger partial charge in [-0.3, -0.25) is 4.79 Å². The summed E-state index contributed by atoms with van der Waals surface area (Å²) in [5.74, 6) is -1.35. The highest BCUT2D eigenvalue weighted by Crippen LogP contribution is 2.07. The van der Waals surface area contributed by atoms with E-state index in [1.54, 1.807) is 6.07 Å². The molecule has 1 aromatic carbocycles. The molecule has 6 heteroatoms. The Balaban J connectivity index is 2.66. The largest absolute Gasteiger partial charge is 0.351 e. The smallest absolute Gasteiger partial charge is 0.238 e. The van der Waals surface area contributed by atoms with Gasteiger partial charge in [-0.05, 0) is 13.0 Å². The molecule has 0 bridgehead atoms. The second-order valence-corrected chi connectivity index (χ2v) is 6.44. The van der Waals surface area contributed by atoms with E-state index >= 15 is 0 Å². The number of carbonyl (C=O) groups excluding carboxylic acids is 1. The van der Waals surface area contributed by atoms with E-state index in [9.17, 15) is 17.6 Å². The highest BCUT2D eigenvalue weighted by Gasteiger charge is 2.26. The predicted molar refractivity (Wildman–Crippen MR) is 71.7 cm³/mol. The van der Waals surface area contributed by atoms with Gasteiger partial charge >= 0.3 is 0 Å². The van der Waals surface area contributed by atoms with Gasteiger partial charge < -0.3 is 5.32 Å². The molecule has 1 unspecified atom stereocenters. The van der Waals surface area contributed by atoms with Crippen molar-refractivity contribution in [3.8, 4) is 0 Å². The van der Waals surface area contributed by atoms with Crippen LogP contribution in [0.1, 0.15) is 12.5 Å². The van der Waals surface area contributed by atoms with Crippen LogP contribution in [0.4, 0.5) is 4.39 Å². The van der Waals surface area contributed by atoms with E-state index in [-0.39, 0.29) is 12.3 Å². The third-order valence-corrected chi connectivity index (χ3v) is 4.66. The van der Waals surface area contributed by atoms with Crippen molar-refractivity contribution >= 4 is 15.7 Å². The quantitative estimate of drug-likeness (QED) is 0.804. The summed E-state index contributed by atoms with van der Waals surface area (Å²) in [6.07, 6.45) is 1.23. The van der Waals surface area contributed by atoms with Gasteiger partial charge in [-0.1, -0.05) is 24.3 Å². The first-order chi connectivity index (χ1) is 8.88. The van der Waals surface area contributed by atoms with Crippen LogP contribution in [0.3, 0.4) is 0 Å². The Morgan fingerprint density at radius 2 is 2.11 bits per heavy atom. The minimum absolute atomic E-state index is 0.0422. The van der Waals surface area contributed by atoms with Crippen LogP contribution in [0.2, 0.25) is 0 Å². The van der Waals surface area contributed by atoms with Gasteiger partial charge in [0.15, 0.2) is 9.84 Å². The fourth-order valence-electron chi connectivity index (χ4n) is 1.44. The summed E-state index contributed by atoms with van der Waals surface area (Å²) in [5, 5.41) is 1.23. The Kier molecular flexibility index (Phi) is 5.23. The Bertz CT molecular complexity index is 569. The lowest BCUT2D eigenvalue weighted by atomic mass is 10.2. The summed E-state index contributed by atoms with van der Waals surface area (Å²) in [5.41, 5.74) is 0.309. The molecule has 0 heterocycles. The minimum atomic E-state index is -3.55. The lowest BCUT2D eigenvalue weighted by molar-refractivity contribution is -0.120. The molecule has 0 aliphatic carbocycles. The summed E-state index contributed by atoms with van der Waals surface area (Å²) in [4.78, 5) is 11.7. The molecule has 0 aromatic heterocycles. The Morgan fingerprint density at radius 3 is 2.68 bits per heavy atom. The molecule has 0 aliphatic heterocycles. The van der Waals surface area contributed by atoms with Crippen molar-refractivity contribution in [1.29, 1.82) is 0 Å². The SMILES string of the molecule is C=CCS(=O)(=O)C(C)C(=O)NCc1ccccc1F. The summed E-state index contributed by atoms with van der Waals surface area (Å²) < 4.78 is 36.6. The van der Waals surface area contributed by atoms with E-state index in [2.05, 4.69) is 11.9 Å². The Labute approximate surface area is 112 Å². The van der Waals surface area contributed by atoms with Crippen molar-refractivity contribution < 1.29 is 17.6 Å². The second-order valence-electron chi connectivity index (χ2n) is 4.07. The number of rotatable bonds is 6. The van der Waals surface area contributed by atoms with Gasteiger partial charge in [0, 0.05) is 12.1 Å². The minimum Gasteiger partial charge on any atom is -0.351 e. The standard InChI is InChI=1S/C13H16FNO3S/c1-3-8-19(17,18)10(2)13(16)15-9-11-6-4-5-7-12(11)14/h3-7,10H,1,8-9H2,2H3,(H,15,16). The van der Waals surface area contributed by atoms with Crippen LogP contribution in [0.25, 0.3) is 0 Å². The molecule has 0 fully saturated rings. The lowest BCUT2D eigenvalue weighted by Gasteiger charge is -2.12. The van der Waals surface area contributed by atoms with E-state index in [4.69, 9.17) is 0 Å². The van der Waals surface area contributed by atoms with Gasteiger partial charge in [-0.2, -0.15) is 0 Å². The van der Waals surface area contributed by atoms with Crippen molar-refractivity contribution in [2.24, 2.45) is 0 Å². The number of nitrogens with one attached hydrogen (secondary N) is 1. The highest BCUT2D eigenvalue weighted by atomic mass is 32.2. The third kappa shape index (κ3) is 4.17. The number of hydrogen-bond acceptors (Lipinski definition) is 3. The number of amides is 1. The van der Waals surface area contributed by atoms with Crippen molar-refractivity contribution in [1.82, 2.24) is 5.32 Å². The normalized spacial score (nSPS) is 12.7. The number of sulfone groups is 1. The molecule has 104 valence electrons. The summed E-state index contributed by atoms with van der Waals surface area (Å²) in [6.45, 7) is 4.59. The van der Waals surface area contributed by atoms with Crippen molar-refractivity contribution in [3.63, 3.8) is 0 Å². The van der Waals surface area contributed by atoms with E-state index in [0.717, 1.165) is 0 Å². The molecule has 1 amide bonds. The van der Waals surface area contributed by atoms with Gasteiger partial charge in [0.1, 0.15) is 11.1 Å². The second kappa shape index (κ2) is 6.47. The summed E-state index contributed by atoms with van der Waals surface area (Å²) >= 11 is 0. The number of carbonyl (C=O) groups is 1. The average molecular weight is 285 g/mol. The van der Waals surface area contributed by atoms with Crippen LogP contribution in [-0.2, 0) is 21.2 Å². The molecular formula is C13H16FNO3S. The summed E-state index contributed by atoms with van der Waals surface area (Å²) in [7, 11) is -3.55. The van der Waals surface area contributed by atoms with E-state index in [1.807, 2.05) is 0 Å². The first kappa shape index (κ1) is 15.4. The Morgan fingerprint density at radius 1 is 1.47 bits per heavy atom. The Hall–Kier alpha value is -1.69. The van der Waals surface area contributed by atoms with Crippen LogP contribution >= 0.6 is 0 Å². The molecule has 0 aliphatic rings. The molecule has 1 N–H and O–H groups in total. The first-order valence-corrected chi connectivity index (χ1v) is 7.43. The van der Waals surface area contributed by atoms with Crippen LogP contribution in [0, 0.1) is 5.82 Å². The van der Waals surface area contributed by atoms with Crippen molar-refractivity contribution in [2.45, 2.75) is 18.7 Å². The van der Waals surface area contributed by atoms with Crippen LogP contribution in [0.15, 0.2) is 36.9 Å². The maximum Gasteiger partial charge on any atom is 0.238 e. The fraction of sp³-hybridized carbons (Fsp3) is 0.308. The van der Waals surface area contributed by atoms with Crippen LogP contribution < -0.4 is 5.32 Å². The van der Waals surface area contributed by atoms with Crippen LogP contribution in [0.5, 0.6) is 0 Å². The van der Waals surface area contributed by atoms with Crippen molar-refractivity contribution in [2.75, 3.05) is 5.75 Å². The van der Waals surface area contributed by atoms with E-state index < -0.39 is 26.8 Å².